The van der Waals surface area contributed by atoms with Crippen molar-refractivity contribution in [2.75, 3.05) is 27.9 Å². The minimum atomic E-state index is -0.529. The van der Waals surface area contributed by atoms with E-state index in [1.54, 1.807) is 7.11 Å². The van der Waals surface area contributed by atoms with Crippen LogP contribution in [0, 0.1) is 58.2 Å². The molecule has 214 valence electrons. The third-order valence-electron chi connectivity index (χ3n) is 12.3. The molecule has 0 unspecified atom stereocenters. The van der Waals surface area contributed by atoms with Crippen LogP contribution in [0.2, 0.25) is 0 Å². The number of ether oxygens (including phenoxy) is 4. The van der Waals surface area contributed by atoms with Gasteiger partial charge in [-0.25, -0.2) is 0 Å². The summed E-state index contributed by atoms with van der Waals surface area (Å²) >= 11 is 0. The number of esters is 1. The van der Waals surface area contributed by atoms with E-state index in [1.165, 1.54) is 12.8 Å². The molecule has 4 rings (SSSR count). The second-order valence-corrected chi connectivity index (χ2v) is 13.9. The molecule has 1 N–H and O–H groups in total. The Morgan fingerprint density at radius 2 is 1.59 bits per heavy atom. The minimum absolute atomic E-state index is 0.0500. The van der Waals surface area contributed by atoms with E-state index in [9.17, 15) is 9.90 Å². The predicted molar refractivity (Wildman–Crippen MR) is 144 cm³/mol. The summed E-state index contributed by atoms with van der Waals surface area (Å²) in [6.45, 7) is 14.5. The zero-order chi connectivity index (χ0) is 27.3. The molecule has 1 saturated heterocycles. The first kappa shape index (κ1) is 29.3. The van der Waals surface area contributed by atoms with E-state index in [4.69, 9.17) is 18.9 Å². The van der Waals surface area contributed by atoms with Gasteiger partial charge in [0.25, 0.3) is 0 Å². The van der Waals surface area contributed by atoms with Gasteiger partial charge in [0.2, 0.25) is 0 Å². The van der Waals surface area contributed by atoms with E-state index >= 15 is 0 Å². The summed E-state index contributed by atoms with van der Waals surface area (Å²) < 4.78 is 23.9. The maximum absolute atomic E-state index is 13.3. The zero-order valence-corrected chi connectivity index (χ0v) is 24.9. The van der Waals surface area contributed by atoms with Gasteiger partial charge in [0.1, 0.15) is 0 Å². The lowest BCUT2D eigenvalue weighted by molar-refractivity contribution is -0.164. The van der Waals surface area contributed by atoms with E-state index in [0.717, 1.165) is 12.8 Å². The fourth-order valence-corrected chi connectivity index (χ4v) is 9.84. The average Bonchev–Trinajstić information content (AvgIpc) is 3.16. The molecule has 0 aromatic rings. The SMILES string of the molecule is CO[C@@H]([C@@H](C)[C@H]1CC[C@H]2[C@@H]3COC(=O)[C@H]4C[C@H](OC)[C@H](O)C[C@]4(C)[C@H]3CC[C@]12C)[C@H](OC)[C@@H](C)C(C)C. The molecule has 6 heteroatoms. The number of methoxy groups -OCH3 is 3. The van der Waals surface area contributed by atoms with Crippen molar-refractivity contribution in [3.8, 4) is 0 Å². The lowest BCUT2D eigenvalue weighted by Crippen LogP contribution is -2.55. The van der Waals surface area contributed by atoms with Crippen molar-refractivity contribution in [2.45, 2.75) is 104 Å². The highest BCUT2D eigenvalue weighted by Crippen LogP contribution is 2.66. The number of hydrogen-bond acceptors (Lipinski definition) is 6. The van der Waals surface area contributed by atoms with Crippen LogP contribution in [0.15, 0.2) is 0 Å². The van der Waals surface area contributed by atoms with Gasteiger partial charge in [-0.05, 0) is 90.8 Å². The fraction of sp³-hybridized carbons (Fsp3) is 0.968. The van der Waals surface area contributed by atoms with Crippen molar-refractivity contribution < 1.29 is 28.8 Å². The molecule has 0 amide bonds. The number of rotatable bonds is 8. The van der Waals surface area contributed by atoms with Gasteiger partial charge in [0.05, 0.1) is 36.9 Å². The van der Waals surface area contributed by atoms with Crippen LogP contribution in [0.1, 0.15) is 80.1 Å². The standard InChI is InChI=1S/C31H54O6/c1-17(2)18(3)27(35-8)28(36-9)19(4)21-10-11-22-20-16-37-29(33)24-14-26(34-7)25(32)15-31(24,6)23(20)12-13-30(21,22)5/h17-28,32H,10-16H2,1-9H3/t18-,19-,20-,21+,22-,23-,24+,25+,26-,27+,28-,30+,31+/m0/s1. The molecule has 0 radical (unpaired) electrons. The van der Waals surface area contributed by atoms with E-state index < -0.39 is 6.10 Å². The first-order valence-electron chi connectivity index (χ1n) is 14.9. The first-order valence-corrected chi connectivity index (χ1v) is 14.9. The van der Waals surface area contributed by atoms with Crippen molar-refractivity contribution in [3.63, 3.8) is 0 Å². The molecule has 1 heterocycles. The predicted octanol–water partition coefficient (Wildman–Crippen LogP) is 5.35. The first-order chi connectivity index (χ1) is 17.4. The van der Waals surface area contributed by atoms with Gasteiger partial charge in [-0.1, -0.05) is 41.5 Å². The van der Waals surface area contributed by atoms with Crippen LogP contribution in [0.3, 0.4) is 0 Å². The molecule has 4 fully saturated rings. The maximum Gasteiger partial charge on any atom is 0.309 e. The summed E-state index contributed by atoms with van der Waals surface area (Å²) in [7, 11) is 5.31. The van der Waals surface area contributed by atoms with Crippen LogP contribution in [-0.4, -0.2) is 63.4 Å². The largest absolute Gasteiger partial charge is 0.465 e. The van der Waals surface area contributed by atoms with Crippen molar-refractivity contribution in [3.05, 3.63) is 0 Å². The highest BCUT2D eigenvalue weighted by Gasteiger charge is 2.63. The molecular formula is C31H54O6. The van der Waals surface area contributed by atoms with Gasteiger partial charge in [-0.15, -0.1) is 0 Å². The Kier molecular flexibility index (Phi) is 8.76. The van der Waals surface area contributed by atoms with Crippen LogP contribution < -0.4 is 0 Å². The average molecular weight is 523 g/mol. The Morgan fingerprint density at radius 1 is 0.946 bits per heavy atom. The number of carbonyl (C=O) groups excluding carboxylic acids is 1. The number of fused-ring (bicyclic) bond motifs is 5. The zero-order valence-electron chi connectivity index (χ0n) is 24.9. The third kappa shape index (κ3) is 4.80. The summed E-state index contributed by atoms with van der Waals surface area (Å²) in [6, 6.07) is 0. The summed E-state index contributed by atoms with van der Waals surface area (Å²) in [5.41, 5.74) is -0.0672. The van der Waals surface area contributed by atoms with Crippen molar-refractivity contribution in [1.82, 2.24) is 0 Å². The van der Waals surface area contributed by atoms with Crippen molar-refractivity contribution >= 4 is 5.97 Å². The number of aliphatic hydroxyl groups excluding tert-OH is 1. The Hall–Kier alpha value is -0.690. The molecule has 3 aliphatic carbocycles. The Labute approximate surface area is 225 Å². The normalized spacial score (nSPS) is 45.2. The highest BCUT2D eigenvalue weighted by atomic mass is 16.5. The van der Waals surface area contributed by atoms with Crippen LogP contribution in [0.5, 0.6) is 0 Å². The van der Waals surface area contributed by atoms with Crippen molar-refractivity contribution in [1.29, 1.82) is 0 Å². The van der Waals surface area contributed by atoms with Crippen molar-refractivity contribution in [2.24, 2.45) is 58.2 Å². The van der Waals surface area contributed by atoms with Crippen LogP contribution in [0.25, 0.3) is 0 Å². The minimum Gasteiger partial charge on any atom is -0.465 e. The molecule has 4 aliphatic rings. The Bertz CT molecular complexity index is 801. The second kappa shape index (κ2) is 11.1. The van der Waals surface area contributed by atoms with Gasteiger partial charge in [-0.2, -0.15) is 0 Å². The molecule has 0 spiro atoms. The molecule has 6 nitrogen and oxygen atoms in total. The van der Waals surface area contributed by atoms with E-state index in [0.29, 0.717) is 60.9 Å². The van der Waals surface area contributed by atoms with E-state index in [1.807, 2.05) is 14.2 Å². The molecule has 3 saturated carbocycles. The monoisotopic (exact) mass is 522 g/mol. The topological polar surface area (TPSA) is 74.2 Å². The molecule has 37 heavy (non-hydrogen) atoms. The molecule has 0 aromatic carbocycles. The van der Waals surface area contributed by atoms with E-state index in [2.05, 4.69) is 41.5 Å². The number of cyclic esters (lactones) is 1. The van der Waals surface area contributed by atoms with Gasteiger partial charge in [0.15, 0.2) is 0 Å². The second-order valence-electron chi connectivity index (χ2n) is 13.9. The molecule has 13 atom stereocenters. The maximum atomic E-state index is 13.3. The lowest BCUT2D eigenvalue weighted by Gasteiger charge is -2.56. The number of carbonyl (C=O) groups is 1. The lowest BCUT2D eigenvalue weighted by atomic mass is 9.48. The van der Waals surface area contributed by atoms with Gasteiger partial charge in [-0.3, -0.25) is 4.79 Å². The molecular weight excluding hydrogens is 468 g/mol. The number of aliphatic hydroxyl groups is 1. The van der Waals surface area contributed by atoms with Gasteiger partial charge < -0.3 is 24.1 Å². The highest BCUT2D eigenvalue weighted by molar-refractivity contribution is 5.74. The van der Waals surface area contributed by atoms with E-state index in [-0.39, 0.29) is 41.0 Å². The fourth-order valence-electron chi connectivity index (χ4n) is 9.84. The Morgan fingerprint density at radius 3 is 2.19 bits per heavy atom. The summed E-state index contributed by atoms with van der Waals surface area (Å²) in [6.07, 6.45) is 5.06. The van der Waals surface area contributed by atoms with Gasteiger partial charge >= 0.3 is 5.97 Å². The summed E-state index contributed by atoms with van der Waals surface area (Å²) in [5.74, 6) is 2.80. The molecule has 1 aliphatic heterocycles. The van der Waals surface area contributed by atoms with Crippen LogP contribution >= 0.6 is 0 Å². The molecule has 0 bridgehead atoms. The number of hydrogen-bond donors (Lipinski definition) is 1. The third-order valence-corrected chi connectivity index (χ3v) is 12.3. The van der Waals surface area contributed by atoms with Crippen LogP contribution in [-0.2, 0) is 23.7 Å². The van der Waals surface area contributed by atoms with Crippen LogP contribution in [0.4, 0.5) is 0 Å². The smallest absolute Gasteiger partial charge is 0.309 e. The summed E-state index contributed by atoms with van der Waals surface area (Å²) in [4.78, 5) is 13.3. The Balaban J connectivity index is 1.60. The quantitative estimate of drug-likeness (QED) is 0.433. The summed E-state index contributed by atoms with van der Waals surface area (Å²) in [5, 5.41) is 10.9. The molecule has 0 aromatic heterocycles. The van der Waals surface area contributed by atoms with Gasteiger partial charge in [0, 0.05) is 21.3 Å².